The van der Waals surface area contributed by atoms with Crippen LogP contribution in [0, 0.1) is 0 Å². The second-order valence-electron chi connectivity index (χ2n) is 1.67. The van der Waals surface area contributed by atoms with Gasteiger partial charge in [0, 0.05) is 6.42 Å². The van der Waals surface area contributed by atoms with Gasteiger partial charge in [-0.3, -0.25) is 0 Å². The molecule has 0 saturated heterocycles. The summed E-state index contributed by atoms with van der Waals surface area (Å²) in [6.07, 6.45) is 0.312. The van der Waals surface area contributed by atoms with Gasteiger partial charge in [0.05, 0.1) is 0 Å². The van der Waals surface area contributed by atoms with Gasteiger partial charge in [-0.2, -0.15) is 0 Å². The first kappa shape index (κ1) is 7.84. The molecule has 4 heteroatoms. The largest absolute Gasteiger partial charge is 0.344 e. The highest BCUT2D eigenvalue weighted by Crippen LogP contribution is 2.01. The second-order valence-corrected chi connectivity index (χ2v) is 1.67. The van der Waals surface area contributed by atoms with Gasteiger partial charge < -0.3 is 21.1 Å². The number of aliphatic hydroxyl groups is 3. The maximum atomic E-state index is 8.20. The van der Waals surface area contributed by atoms with Crippen LogP contribution in [0.5, 0.6) is 0 Å². The number of rotatable bonds is 3. The third-order valence-corrected chi connectivity index (χ3v) is 0.716. The van der Waals surface area contributed by atoms with E-state index < -0.39 is 5.97 Å². The first-order valence-electron chi connectivity index (χ1n) is 2.43. The molecular formula is C4H11NO3. The molecule has 0 rings (SSSR count). The van der Waals surface area contributed by atoms with E-state index in [-0.39, 0.29) is 6.42 Å². The van der Waals surface area contributed by atoms with Crippen LogP contribution in [0.1, 0.15) is 12.8 Å². The predicted octanol–water partition coefficient (Wildman–Crippen LogP) is -1.64. The molecule has 0 saturated carbocycles. The minimum Gasteiger partial charge on any atom is -0.344 e. The lowest BCUT2D eigenvalue weighted by Crippen LogP contribution is -2.27. The van der Waals surface area contributed by atoms with Crippen LogP contribution in [0.15, 0.2) is 0 Å². The highest BCUT2D eigenvalue weighted by Gasteiger charge is 2.15. The van der Waals surface area contributed by atoms with E-state index >= 15 is 0 Å². The number of nitrogens with two attached hydrogens (primary N) is 1. The van der Waals surface area contributed by atoms with Crippen molar-refractivity contribution in [2.45, 2.75) is 18.8 Å². The summed E-state index contributed by atoms with van der Waals surface area (Å²) in [5.41, 5.74) is 5.00. The third kappa shape index (κ3) is 5.84. The van der Waals surface area contributed by atoms with E-state index in [9.17, 15) is 0 Å². The molecule has 0 bridgehead atoms. The maximum Gasteiger partial charge on any atom is 0.275 e. The Morgan fingerprint density at radius 3 is 1.88 bits per heavy atom. The Morgan fingerprint density at radius 1 is 1.25 bits per heavy atom. The Labute approximate surface area is 47.6 Å². The van der Waals surface area contributed by atoms with Gasteiger partial charge in [-0.25, -0.2) is 0 Å². The van der Waals surface area contributed by atoms with E-state index in [1.54, 1.807) is 0 Å². The molecule has 0 unspecified atom stereocenters. The average molecular weight is 121 g/mol. The molecule has 0 aromatic carbocycles. The molecule has 0 amide bonds. The van der Waals surface area contributed by atoms with Crippen molar-refractivity contribution in [1.82, 2.24) is 0 Å². The van der Waals surface area contributed by atoms with Crippen molar-refractivity contribution in [3.63, 3.8) is 0 Å². The Hall–Kier alpha value is -0.160. The third-order valence-electron chi connectivity index (χ3n) is 0.716. The molecule has 0 aliphatic rings. The van der Waals surface area contributed by atoms with Crippen molar-refractivity contribution in [2.24, 2.45) is 5.73 Å². The quantitative estimate of drug-likeness (QED) is 0.337. The molecular weight excluding hydrogens is 110 g/mol. The van der Waals surface area contributed by atoms with Crippen molar-refractivity contribution in [3.8, 4) is 0 Å². The van der Waals surface area contributed by atoms with Gasteiger partial charge in [-0.1, -0.05) is 0 Å². The van der Waals surface area contributed by atoms with Gasteiger partial charge in [0.2, 0.25) is 0 Å². The molecule has 0 aromatic heterocycles. The fourth-order valence-corrected chi connectivity index (χ4v) is 0.339. The summed E-state index contributed by atoms with van der Waals surface area (Å²) in [6, 6.07) is 0. The summed E-state index contributed by atoms with van der Waals surface area (Å²) in [6.45, 7) is 0.351. The number of hydrogen-bond donors (Lipinski definition) is 4. The van der Waals surface area contributed by atoms with E-state index in [0.29, 0.717) is 13.0 Å². The number of hydrogen-bond acceptors (Lipinski definition) is 4. The topological polar surface area (TPSA) is 86.7 Å². The molecule has 0 spiro atoms. The molecule has 0 aliphatic heterocycles. The molecule has 5 N–H and O–H groups in total. The molecule has 0 atom stereocenters. The first-order chi connectivity index (χ1) is 3.56. The summed E-state index contributed by atoms with van der Waals surface area (Å²) in [5.74, 6) is -2.53. The Bertz CT molecular complexity index is 58.8. The van der Waals surface area contributed by atoms with E-state index in [4.69, 9.17) is 21.1 Å². The highest BCUT2D eigenvalue weighted by molar-refractivity contribution is 4.47. The molecule has 0 heterocycles. The molecule has 0 aliphatic carbocycles. The zero-order valence-electron chi connectivity index (χ0n) is 4.54. The fourth-order valence-electron chi connectivity index (χ4n) is 0.339. The minimum atomic E-state index is -2.53. The van der Waals surface area contributed by atoms with Crippen molar-refractivity contribution < 1.29 is 15.3 Å². The van der Waals surface area contributed by atoms with Crippen LogP contribution >= 0.6 is 0 Å². The lowest BCUT2D eigenvalue weighted by molar-refractivity contribution is -0.314. The molecule has 4 nitrogen and oxygen atoms in total. The van der Waals surface area contributed by atoms with Crippen molar-refractivity contribution >= 4 is 0 Å². The predicted molar refractivity (Wildman–Crippen MR) is 27.7 cm³/mol. The minimum absolute atomic E-state index is 0.0938. The summed E-state index contributed by atoms with van der Waals surface area (Å²) >= 11 is 0. The van der Waals surface area contributed by atoms with Gasteiger partial charge in [-0.05, 0) is 13.0 Å². The van der Waals surface area contributed by atoms with Crippen LogP contribution in [-0.2, 0) is 0 Å². The van der Waals surface area contributed by atoms with E-state index in [0.717, 1.165) is 0 Å². The normalized spacial score (nSPS) is 12.0. The first-order valence-corrected chi connectivity index (χ1v) is 2.43. The van der Waals surface area contributed by atoms with Gasteiger partial charge in [0.25, 0.3) is 5.97 Å². The van der Waals surface area contributed by atoms with Crippen molar-refractivity contribution in [3.05, 3.63) is 0 Å². The van der Waals surface area contributed by atoms with Gasteiger partial charge in [0.15, 0.2) is 0 Å². The second kappa shape index (κ2) is 2.99. The Balaban J connectivity index is 3.11. The van der Waals surface area contributed by atoms with Crippen molar-refractivity contribution in [1.29, 1.82) is 0 Å². The maximum absolute atomic E-state index is 8.20. The van der Waals surface area contributed by atoms with Crippen LogP contribution in [0.4, 0.5) is 0 Å². The Morgan fingerprint density at radius 2 is 1.75 bits per heavy atom. The summed E-state index contributed by atoms with van der Waals surface area (Å²) < 4.78 is 0. The standard InChI is InChI=1S/C4H11NO3/c5-3-1-2-4(6,7)8/h6-8H,1-3,5H2. The SMILES string of the molecule is NCCCC(O)(O)O. The monoisotopic (exact) mass is 121 g/mol. The summed E-state index contributed by atoms with van der Waals surface area (Å²) in [5, 5.41) is 24.6. The fraction of sp³-hybridized carbons (Fsp3) is 1.00. The molecule has 50 valence electrons. The van der Waals surface area contributed by atoms with Gasteiger partial charge in [0.1, 0.15) is 0 Å². The van der Waals surface area contributed by atoms with E-state index in [1.165, 1.54) is 0 Å². The zero-order chi connectivity index (χ0) is 6.62. The smallest absolute Gasteiger partial charge is 0.275 e. The van der Waals surface area contributed by atoms with Crippen LogP contribution in [-0.4, -0.2) is 27.8 Å². The lowest BCUT2D eigenvalue weighted by atomic mass is 10.3. The average Bonchev–Trinajstić information content (AvgIpc) is 1.59. The zero-order valence-corrected chi connectivity index (χ0v) is 4.54. The van der Waals surface area contributed by atoms with E-state index in [2.05, 4.69) is 0 Å². The molecule has 0 fully saturated rings. The lowest BCUT2D eigenvalue weighted by Gasteiger charge is -2.11. The molecule has 0 aromatic rings. The Kier molecular flexibility index (Phi) is 2.93. The van der Waals surface area contributed by atoms with Crippen LogP contribution in [0.2, 0.25) is 0 Å². The highest BCUT2D eigenvalue weighted by atomic mass is 16.7. The molecule has 8 heavy (non-hydrogen) atoms. The summed E-state index contributed by atoms with van der Waals surface area (Å²) in [4.78, 5) is 0. The van der Waals surface area contributed by atoms with E-state index in [1.807, 2.05) is 0 Å². The van der Waals surface area contributed by atoms with Crippen LogP contribution < -0.4 is 5.73 Å². The van der Waals surface area contributed by atoms with Gasteiger partial charge in [-0.15, -0.1) is 0 Å². The summed E-state index contributed by atoms with van der Waals surface area (Å²) in [7, 11) is 0. The van der Waals surface area contributed by atoms with Crippen molar-refractivity contribution in [2.75, 3.05) is 6.54 Å². The van der Waals surface area contributed by atoms with Gasteiger partial charge >= 0.3 is 0 Å². The van der Waals surface area contributed by atoms with Crippen LogP contribution in [0.3, 0.4) is 0 Å². The van der Waals surface area contributed by atoms with Crippen LogP contribution in [0.25, 0.3) is 0 Å². The molecule has 0 radical (unpaired) electrons.